The summed E-state index contributed by atoms with van der Waals surface area (Å²) in [5.74, 6) is -0.655. The van der Waals surface area contributed by atoms with E-state index in [9.17, 15) is 14.4 Å². The van der Waals surface area contributed by atoms with Crippen LogP contribution in [0.3, 0.4) is 0 Å². The van der Waals surface area contributed by atoms with Crippen LogP contribution in [0.1, 0.15) is 65.9 Å². The van der Waals surface area contributed by atoms with Crippen molar-refractivity contribution in [3.05, 3.63) is 69.8 Å². The van der Waals surface area contributed by atoms with Gasteiger partial charge >= 0.3 is 6.03 Å². The molecule has 2 aromatic rings. The predicted molar refractivity (Wildman–Crippen MR) is 118 cm³/mol. The number of urea groups is 1. The summed E-state index contributed by atoms with van der Waals surface area (Å²) in [6.45, 7) is 13.6. The summed E-state index contributed by atoms with van der Waals surface area (Å²) in [5.41, 5.74) is 4.14. The van der Waals surface area contributed by atoms with E-state index in [1.165, 1.54) is 0 Å². The number of Topliss-reactive ketones (excluding diaryl/α,β-unsaturated/α-hetero) is 1. The van der Waals surface area contributed by atoms with Gasteiger partial charge in [0.05, 0.1) is 6.54 Å². The lowest BCUT2D eigenvalue weighted by Crippen LogP contribution is -2.41. The Kier molecular flexibility index (Phi) is 5.35. The highest BCUT2D eigenvalue weighted by molar-refractivity contribution is 6.11. The van der Waals surface area contributed by atoms with Crippen molar-refractivity contribution in [3.8, 4) is 0 Å². The molecular weight excluding hydrogens is 376 g/mol. The van der Waals surface area contributed by atoms with Crippen molar-refractivity contribution in [1.29, 1.82) is 0 Å². The lowest BCUT2D eigenvalue weighted by molar-refractivity contribution is -0.130. The number of nitrogens with zero attached hydrogens (tertiary/aromatic N) is 1. The van der Waals surface area contributed by atoms with Crippen LogP contribution >= 0.6 is 0 Å². The summed E-state index contributed by atoms with van der Waals surface area (Å²) < 4.78 is 0. The van der Waals surface area contributed by atoms with E-state index in [-0.39, 0.29) is 17.7 Å². The Morgan fingerprint density at radius 2 is 1.53 bits per heavy atom. The summed E-state index contributed by atoms with van der Waals surface area (Å²) >= 11 is 0. The molecule has 1 aliphatic rings. The van der Waals surface area contributed by atoms with E-state index in [2.05, 4.69) is 26.1 Å². The molecule has 1 N–H and O–H groups in total. The number of rotatable bonds is 4. The molecule has 3 amide bonds. The number of amides is 3. The number of carbonyl (C=O) groups is 3. The molecule has 2 aromatic carbocycles. The van der Waals surface area contributed by atoms with Crippen LogP contribution in [-0.4, -0.2) is 29.2 Å². The zero-order valence-corrected chi connectivity index (χ0v) is 18.8. The Hall–Kier alpha value is -2.95. The Bertz CT molecular complexity index is 1030. The van der Waals surface area contributed by atoms with Crippen molar-refractivity contribution >= 4 is 17.7 Å². The molecular formula is C25H30N2O3. The summed E-state index contributed by atoms with van der Waals surface area (Å²) in [7, 11) is 0. The molecule has 1 fully saturated rings. The van der Waals surface area contributed by atoms with Gasteiger partial charge in [-0.2, -0.15) is 0 Å². The van der Waals surface area contributed by atoms with E-state index < -0.39 is 17.5 Å². The Labute approximate surface area is 178 Å². The molecule has 30 heavy (non-hydrogen) atoms. The maximum absolute atomic E-state index is 13.2. The number of aryl methyl sites for hydroxylation is 3. The van der Waals surface area contributed by atoms with Crippen molar-refractivity contribution in [1.82, 2.24) is 10.2 Å². The van der Waals surface area contributed by atoms with Gasteiger partial charge in [-0.3, -0.25) is 14.5 Å². The molecule has 1 aliphatic heterocycles. The topological polar surface area (TPSA) is 66.5 Å². The largest absolute Gasteiger partial charge is 0.325 e. The molecule has 5 nitrogen and oxygen atoms in total. The number of carbonyl (C=O) groups excluding carboxylic acids is 3. The fourth-order valence-electron chi connectivity index (χ4n) is 3.83. The van der Waals surface area contributed by atoms with Crippen LogP contribution < -0.4 is 5.32 Å². The average molecular weight is 407 g/mol. The second kappa shape index (κ2) is 7.38. The van der Waals surface area contributed by atoms with E-state index in [1.807, 2.05) is 57.2 Å². The van der Waals surface area contributed by atoms with E-state index in [1.54, 1.807) is 6.92 Å². The van der Waals surface area contributed by atoms with Crippen LogP contribution in [0.5, 0.6) is 0 Å². The van der Waals surface area contributed by atoms with E-state index >= 15 is 0 Å². The number of ketones is 1. The van der Waals surface area contributed by atoms with Gasteiger partial charge in [0.25, 0.3) is 5.91 Å². The maximum Gasteiger partial charge on any atom is 0.325 e. The van der Waals surface area contributed by atoms with Gasteiger partial charge in [0, 0.05) is 5.56 Å². The summed E-state index contributed by atoms with van der Waals surface area (Å²) in [4.78, 5) is 39.7. The van der Waals surface area contributed by atoms with Crippen LogP contribution in [0.4, 0.5) is 4.79 Å². The molecule has 158 valence electrons. The first-order chi connectivity index (χ1) is 13.8. The van der Waals surface area contributed by atoms with Crippen molar-refractivity contribution in [2.24, 2.45) is 0 Å². The zero-order chi connectivity index (χ0) is 22.4. The number of hydrogen-bond donors (Lipinski definition) is 1. The SMILES string of the molecule is Cc1cc(C)c(C(=O)CN2C(=O)NC(C)(c3ccc(C(C)(C)C)cc3)C2=O)cc1C. The Morgan fingerprint density at radius 1 is 0.967 bits per heavy atom. The van der Waals surface area contributed by atoms with Crippen molar-refractivity contribution < 1.29 is 14.4 Å². The van der Waals surface area contributed by atoms with Crippen LogP contribution in [0.15, 0.2) is 36.4 Å². The minimum absolute atomic E-state index is 0.00908. The summed E-state index contributed by atoms with van der Waals surface area (Å²) in [5, 5.41) is 2.78. The highest BCUT2D eigenvalue weighted by Crippen LogP contribution is 2.31. The van der Waals surface area contributed by atoms with Crippen molar-refractivity contribution in [2.75, 3.05) is 6.54 Å². The van der Waals surface area contributed by atoms with Crippen molar-refractivity contribution in [2.45, 2.75) is 59.4 Å². The fraction of sp³-hybridized carbons (Fsp3) is 0.400. The second-order valence-corrected chi connectivity index (χ2v) is 9.45. The average Bonchev–Trinajstić information content (AvgIpc) is 2.88. The molecule has 0 spiro atoms. The monoisotopic (exact) mass is 406 g/mol. The smallest absolute Gasteiger partial charge is 0.319 e. The van der Waals surface area contributed by atoms with E-state index in [0.29, 0.717) is 11.1 Å². The quantitative estimate of drug-likeness (QED) is 0.598. The number of benzene rings is 2. The van der Waals surface area contributed by atoms with E-state index in [0.717, 1.165) is 27.2 Å². The summed E-state index contributed by atoms with van der Waals surface area (Å²) in [6, 6.07) is 10.9. The molecule has 0 saturated carbocycles. The van der Waals surface area contributed by atoms with Crippen LogP contribution in [0.2, 0.25) is 0 Å². The fourth-order valence-corrected chi connectivity index (χ4v) is 3.83. The Morgan fingerprint density at radius 3 is 2.10 bits per heavy atom. The molecule has 1 unspecified atom stereocenters. The minimum Gasteiger partial charge on any atom is -0.319 e. The van der Waals surface area contributed by atoms with Gasteiger partial charge < -0.3 is 5.32 Å². The molecule has 5 heteroatoms. The highest BCUT2D eigenvalue weighted by Gasteiger charge is 2.49. The van der Waals surface area contributed by atoms with Crippen LogP contribution in [-0.2, 0) is 15.7 Å². The number of nitrogens with one attached hydrogen (secondary N) is 1. The van der Waals surface area contributed by atoms with Gasteiger partial charge in [-0.05, 0) is 67.0 Å². The van der Waals surface area contributed by atoms with Gasteiger partial charge in [0.2, 0.25) is 0 Å². The first-order valence-corrected chi connectivity index (χ1v) is 10.2. The highest BCUT2D eigenvalue weighted by atomic mass is 16.2. The van der Waals surface area contributed by atoms with Gasteiger partial charge in [0.15, 0.2) is 5.78 Å². The molecule has 0 radical (unpaired) electrons. The normalized spacial score (nSPS) is 19.2. The molecule has 1 saturated heterocycles. The first-order valence-electron chi connectivity index (χ1n) is 10.2. The zero-order valence-electron chi connectivity index (χ0n) is 18.8. The first kappa shape index (κ1) is 21.8. The Balaban J connectivity index is 1.86. The number of hydrogen-bond acceptors (Lipinski definition) is 3. The molecule has 0 aliphatic carbocycles. The predicted octanol–water partition coefficient (Wildman–Crippen LogP) is 4.56. The van der Waals surface area contributed by atoms with Gasteiger partial charge in [-0.1, -0.05) is 51.1 Å². The number of imide groups is 1. The maximum atomic E-state index is 13.2. The molecule has 3 rings (SSSR count). The third-order valence-corrected chi connectivity index (χ3v) is 6.05. The lowest BCUT2D eigenvalue weighted by Gasteiger charge is -2.24. The standard InChI is InChI=1S/C25H30N2O3/c1-15-12-17(3)20(13-16(15)2)21(28)14-27-22(29)25(7,26-23(27)30)19-10-8-18(9-11-19)24(4,5)6/h8-13H,14H2,1-7H3,(H,26,30). The molecule has 1 atom stereocenters. The van der Waals surface area contributed by atoms with Gasteiger partial charge in [0.1, 0.15) is 5.54 Å². The third-order valence-electron chi connectivity index (χ3n) is 6.05. The second-order valence-electron chi connectivity index (χ2n) is 9.45. The third kappa shape index (κ3) is 3.76. The molecule has 1 heterocycles. The van der Waals surface area contributed by atoms with Gasteiger partial charge in [-0.25, -0.2) is 4.79 Å². The van der Waals surface area contributed by atoms with Crippen LogP contribution in [0.25, 0.3) is 0 Å². The minimum atomic E-state index is -1.19. The van der Waals surface area contributed by atoms with Crippen molar-refractivity contribution in [3.63, 3.8) is 0 Å². The lowest BCUT2D eigenvalue weighted by atomic mass is 9.84. The van der Waals surface area contributed by atoms with Gasteiger partial charge in [-0.15, -0.1) is 0 Å². The molecule has 0 aromatic heterocycles. The van der Waals surface area contributed by atoms with E-state index in [4.69, 9.17) is 0 Å². The van der Waals surface area contributed by atoms with Crippen LogP contribution in [0, 0.1) is 20.8 Å². The molecule has 0 bridgehead atoms. The summed E-state index contributed by atoms with van der Waals surface area (Å²) in [6.07, 6.45) is 0.